The third kappa shape index (κ3) is 7.83. The van der Waals surface area contributed by atoms with Crippen LogP contribution < -0.4 is 0 Å². The van der Waals surface area contributed by atoms with Crippen molar-refractivity contribution in [1.82, 2.24) is 0 Å². The van der Waals surface area contributed by atoms with Gasteiger partial charge in [0.2, 0.25) is 6.29 Å². The first-order valence-electron chi connectivity index (χ1n) is 6.34. The molecule has 0 aromatic carbocycles. The number of carbonyl (C=O) groups excluding carboxylic acids is 1. The lowest BCUT2D eigenvalue weighted by Crippen LogP contribution is -2.24. The van der Waals surface area contributed by atoms with Gasteiger partial charge in [-0.25, -0.2) is 0 Å². The van der Waals surface area contributed by atoms with Crippen molar-refractivity contribution in [3.63, 3.8) is 0 Å². The number of hydrogen-bond acceptors (Lipinski definition) is 3. The summed E-state index contributed by atoms with van der Waals surface area (Å²) in [6.07, 6.45) is 8.45. The highest BCUT2D eigenvalue weighted by molar-refractivity contribution is 5.81. The average molecular weight is 230 g/mol. The molecule has 0 atom stereocenters. The maximum atomic E-state index is 11.5. The van der Waals surface area contributed by atoms with Crippen LogP contribution >= 0.6 is 0 Å². The Hall–Kier alpha value is -0.410. The van der Waals surface area contributed by atoms with Crippen molar-refractivity contribution in [2.24, 2.45) is 0 Å². The number of ether oxygens (including phenoxy) is 2. The van der Waals surface area contributed by atoms with Crippen LogP contribution in [-0.4, -0.2) is 26.3 Å². The van der Waals surface area contributed by atoms with Gasteiger partial charge in [-0.3, -0.25) is 4.79 Å². The van der Waals surface area contributed by atoms with Gasteiger partial charge in [-0.05, 0) is 6.42 Å². The molecule has 0 amide bonds. The average Bonchev–Trinajstić information content (AvgIpc) is 2.29. The summed E-state index contributed by atoms with van der Waals surface area (Å²) < 4.78 is 9.80. The molecule has 0 rings (SSSR count). The minimum absolute atomic E-state index is 0.0542. The zero-order chi connectivity index (χ0) is 12.2. The maximum Gasteiger partial charge on any atom is 0.217 e. The Balaban J connectivity index is 3.33. The van der Waals surface area contributed by atoms with Crippen molar-refractivity contribution in [2.45, 2.75) is 64.6 Å². The first-order valence-corrected chi connectivity index (χ1v) is 6.34. The highest BCUT2D eigenvalue weighted by atomic mass is 16.7. The number of ketones is 1. The van der Waals surface area contributed by atoms with Crippen LogP contribution in [0.5, 0.6) is 0 Å². The van der Waals surface area contributed by atoms with E-state index in [1.165, 1.54) is 46.3 Å². The lowest BCUT2D eigenvalue weighted by Gasteiger charge is -2.11. The van der Waals surface area contributed by atoms with Crippen LogP contribution in [0.25, 0.3) is 0 Å². The van der Waals surface area contributed by atoms with E-state index < -0.39 is 6.29 Å². The van der Waals surface area contributed by atoms with Gasteiger partial charge < -0.3 is 9.47 Å². The molecule has 0 radical (unpaired) electrons. The van der Waals surface area contributed by atoms with Gasteiger partial charge in [-0.15, -0.1) is 0 Å². The van der Waals surface area contributed by atoms with E-state index in [2.05, 4.69) is 6.92 Å². The van der Waals surface area contributed by atoms with Crippen molar-refractivity contribution in [2.75, 3.05) is 14.2 Å². The van der Waals surface area contributed by atoms with E-state index in [0.717, 1.165) is 12.8 Å². The second-order valence-corrected chi connectivity index (χ2v) is 4.14. The zero-order valence-corrected chi connectivity index (χ0v) is 11.0. The molecule has 0 aliphatic rings. The number of unbranched alkanes of at least 4 members (excludes halogenated alkanes) is 6. The smallest absolute Gasteiger partial charge is 0.217 e. The molecule has 0 aromatic rings. The van der Waals surface area contributed by atoms with Crippen molar-refractivity contribution in [3.8, 4) is 0 Å². The predicted octanol–water partition coefficient (Wildman–Crippen LogP) is 3.32. The minimum Gasteiger partial charge on any atom is -0.349 e. The van der Waals surface area contributed by atoms with Gasteiger partial charge in [-0.1, -0.05) is 45.4 Å². The summed E-state index contributed by atoms with van der Waals surface area (Å²) in [7, 11) is 2.99. The van der Waals surface area contributed by atoms with Crippen LogP contribution in [-0.2, 0) is 14.3 Å². The SMILES string of the molecule is CCCCCCCCCC(=O)C(OC)OC. The zero-order valence-electron chi connectivity index (χ0n) is 11.0. The predicted molar refractivity (Wildman–Crippen MR) is 65.4 cm³/mol. The van der Waals surface area contributed by atoms with Crippen LogP contribution in [0.4, 0.5) is 0 Å². The van der Waals surface area contributed by atoms with E-state index in [1.54, 1.807) is 0 Å². The number of Topliss-reactive ketones (excluding diaryl/α,β-unsaturated/α-hetero) is 1. The molecule has 0 spiro atoms. The number of hydrogen-bond donors (Lipinski definition) is 0. The number of methoxy groups -OCH3 is 2. The number of rotatable bonds is 11. The van der Waals surface area contributed by atoms with E-state index in [0.29, 0.717) is 6.42 Å². The fourth-order valence-electron chi connectivity index (χ4n) is 1.73. The summed E-state index contributed by atoms with van der Waals surface area (Å²) >= 11 is 0. The molecular formula is C13H26O3. The molecule has 3 nitrogen and oxygen atoms in total. The van der Waals surface area contributed by atoms with Crippen LogP contribution in [0, 0.1) is 0 Å². The molecule has 96 valence electrons. The Bertz CT molecular complexity index is 165. The van der Waals surface area contributed by atoms with E-state index in [9.17, 15) is 4.79 Å². The molecule has 0 heterocycles. The normalized spacial score (nSPS) is 11.0. The standard InChI is InChI=1S/C13H26O3/c1-4-5-6-7-8-9-10-11-12(14)13(15-2)16-3/h13H,4-11H2,1-3H3. The van der Waals surface area contributed by atoms with E-state index in [4.69, 9.17) is 9.47 Å². The highest BCUT2D eigenvalue weighted by Crippen LogP contribution is 2.09. The first-order chi connectivity index (χ1) is 7.76. The van der Waals surface area contributed by atoms with Gasteiger partial charge in [0.05, 0.1) is 0 Å². The Kier molecular flexibility index (Phi) is 10.8. The minimum atomic E-state index is -0.667. The molecule has 0 aliphatic heterocycles. The lowest BCUT2D eigenvalue weighted by molar-refractivity contribution is -0.156. The van der Waals surface area contributed by atoms with Crippen LogP contribution in [0.2, 0.25) is 0 Å². The summed E-state index contributed by atoms with van der Waals surface area (Å²) in [5.74, 6) is 0.0542. The van der Waals surface area contributed by atoms with Crippen LogP contribution in [0.15, 0.2) is 0 Å². The van der Waals surface area contributed by atoms with Gasteiger partial charge in [0.1, 0.15) is 0 Å². The van der Waals surface area contributed by atoms with Crippen molar-refractivity contribution >= 4 is 5.78 Å². The third-order valence-electron chi connectivity index (χ3n) is 2.72. The van der Waals surface area contributed by atoms with Gasteiger partial charge >= 0.3 is 0 Å². The lowest BCUT2D eigenvalue weighted by atomic mass is 10.1. The molecule has 0 saturated heterocycles. The monoisotopic (exact) mass is 230 g/mol. The first kappa shape index (κ1) is 15.6. The molecule has 0 aromatic heterocycles. The van der Waals surface area contributed by atoms with Crippen molar-refractivity contribution in [1.29, 1.82) is 0 Å². The van der Waals surface area contributed by atoms with Gasteiger partial charge in [0.25, 0.3) is 0 Å². The Morgan fingerprint density at radius 1 is 0.938 bits per heavy atom. The van der Waals surface area contributed by atoms with Crippen LogP contribution in [0.1, 0.15) is 58.3 Å². The topological polar surface area (TPSA) is 35.5 Å². The summed E-state index contributed by atoms with van der Waals surface area (Å²) in [4.78, 5) is 11.5. The molecule has 16 heavy (non-hydrogen) atoms. The largest absolute Gasteiger partial charge is 0.349 e. The fraction of sp³-hybridized carbons (Fsp3) is 0.923. The molecule has 0 saturated carbocycles. The van der Waals surface area contributed by atoms with Gasteiger partial charge in [0.15, 0.2) is 5.78 Å². The Morgan fingerprint density at radius 3 is 1.94 bits per heavy atom. The summed E-state index contributed by atoms with van der Waals surface area (Å²) in [6.45, 7) is 2.22. The molecule has 0 bridgehead atoms. The molecule has 0 N–H and O–H groups in total. The summed E-state index contributed by atoms with van der Waals surface area (Å²) in [5, 5.41) is 0. The van der Waals surface area contributed by atoms with E-state index in [-0.39, 0.29) is 5.78 Å². The molecule has 0 aliphatic carbocycles. The summed E-state index contributed by atoms with van der Waals surface area (Å²) in [6, 6.07) is 0. The van der Waals surface area contributed by atoms with Crippen molar-refractivity contribution < 1.29 is 14.3 Å². The Morgan fingerprint density at radius 2 is 1.44 bits per heavy atom. The van der Waals surface area contributed by atoms with E-state index in [1.807, 2.05) is 0 Å². The molecule has 3 heteroatoms. The van der Waals surface area contributed by atoms with E-state index >= 15 is 0 Å². The Labute approximate surface area is 99.5 Å². The molecule has 0 fully saturated rings. The van der Waals surface area contributed by atoms with Gasteiger partial charge in [-0.2, -0.15) is 0 Å². The fourth-order valence-corrected chi connectivity index (χ4v) is 1.73. The quantitative estimate of drug-likeness (QED) is 0.403. The highest BCUT2D eigenvalue weighted by Gasteiger charge is 2.15. The maximum absolute atomic E-state index is 11.5. The van der Waals surface area contributed by atoms with Crippen LogP contribution in [0.3, 0.4) is 0 Å². The molecule has 0 unspecified atom stereocenters. The summed E-state index contributed by atoms with van der Waals surface area (Å²) in [5.41, 5.74) is 0. The third-order valence-corrected chi connectivity index (χ3v) is 2.72. The molecular weight excluding hydrogens is 204 g/mol. The van der Waals surface area contributed by atoms with Crippen molar-refractivity contribution in [3.05, 3.63) is 0 Å². The van der Waals surface area contributed by atoms with Gasteiger partial charge in [0, 0.05) is 20.6 Å². The second-order valence-electron chi connectivity index (χ2n) is 4.14. The number of carbonyl (C=O) groups is 1. The second kappa shape index (κ2) is 11.1.